The smallest absolute Gasteiger partial charge is 0.239 e. The van der Waals surface area contributed by atoms with E-state index in [9.17, 15) is 4.79 Å². The lowest BCUT2D eigenvalue weighted by molar-refractivity contribution is -0.126. The predicted molar refractivity (Wildman–Crippen MR) is 81.7 cm³/mol. The average molecular weight is 296 g/mol. The molecule has 0 saturated carbocycles. The van der Waals surface area contributed by atoms with Gasteiger partial charge in [-0.3, -0.25) is 4.79 Å². The zero-order valence-electron chi connectivity index (χ0n) is 12.7. The second kappa shape index (κ2) is 11.5. The normalized spacial score (nSPS) is 13.8. The molecular formula is C13H30ClN3O2. The lowest BCUT2D eigenvalue weighted by Crippen LogP contribution is -2.51. The van der Waals surface area contributed by atoms with Crippen LogP contribution in [-0.2, 0) is 9.53 Å². The summed E-state index contributed by atoms with van der Waals surface area (Å²) in [5.74, 6) is -0.0519. The molecule has 0 aromatic rings. The van der Waals surface area contributed by atoms with Gasteiger partial charge in [0.25, 0.3) is 0 Å². The molecule has 0 aliphatic carbocycles. The van der Waals surface area contributed by atoms with E-state index in [4.69, 9.17) is 10.5 Å². The average Bonchev–Trinajstić information content (AvgIpc) is 2.31. The molecule has 0 rings (SSSR count). The number of carbonyl (C=O) groups is 1. The Morgan fingerprint density at radius 2 is 2.05 bits per heavy atom. The highest BCUT2D eigenvalue weighted by atomic mass is 35.5. The van der Waals surface area contributed by atoms with E-state index < -0.39 is 5.54 Å². The first-order valence-corrected chi connectivity index (χ1v) is 6.68. The number of nitrogens with one attached hydrogen (secondary N) is 1. The van der Waals surface area contributed by atoms with Crippen LogP contribution in [0.25, 0.3) is 0 Å². The minimum atomic E-state index is -0.739. The number of ether oxygens (including phenoxy) is 1. The zero-order chi connectivity index (χ0) is 14.0. The molecule has 6 heteroatoms. The van der Waals surface area contributed by atoms with Crippen molar-refractivity contribution in [2.75, 3.05) is 40.4 Å². The molecule has 1 unspecified atom stereocenters. The van der Waals surface area contributed by atoms with Crippen molar-refractivity contribution in [3.63, 3.8) is 0 Å². The summed E-state index contributed by atoms with van der Waals surface area (Å²) in [5, 5.41) is 2.90. The fourth-order valence-electron chi connectivity index (χ4n) is 1.74. The van der Waals surface area contributed by atoms with E-state index in [2.05, 4.69) is 10.2 Å². The van der Waals surface area contributed by atoms with Gasteiger partial charge in [0.05, 0.1) is 12.1 Å². The molecule has 1 atom stereocenters. The van der Waals surface area contributed by atoms with Gasteiger partial charge in [-0.25, -0.2) is 0 Å². The third-order valence-electron chi connectivity index (χ3n) is 2.97. The molecule has 0 aromatic heterocycles. The van der Waals surface area contributed by atoms with Crippen LogP contribution in [0.4, 0.5) is 0 Å². The minimum absolute atomic E-state index is 0. The van der Waals surface area contributed by atoms with Crippen molar-refractivity contribution in [2.45, 2.75) is 38.6 Å². The van der Waals surface area contributed by atoms with Crippen LogP contribution in [0.3, 0.4) is 0 Å². The Balaban J connectivity index is 0. The van der Waals surface area contributed by atoms with Gasteiger partial charge in [0.15, 0.2) is 0 Å². The van der Waals surface area contributed by atoms with Gasteiger partial charge in [-0.15, -0.1) is 12.4 Å². The number of nitrogens with two attached hydrogens (primary N) is 1. The number of nitrogens with zero attached hydrogens (tertiary/aromatic N) is 1. The number of likely N-dealkylation sites (N-methyl/N-ethyl adjacent to an activating group) is 1. The maximum atomic E-state index is 11.8. The van der Waals surface area contributed by atoms with Gasteiger partial charge in [-0.05, 0) is 33.4 Å². The predicted octanol–water partition coefficient (Wildman–Crippen LogP) is 1.01. The Morgan fingerprint density at radius 3 is 2.58 bits per heavy atom. The van der Waals surface area contributed by atoms with Crippen LogP contribution in [-0.4, -0.2) is 56.7 Å². The number of halogens is 1. The number of hydrogen-bond donors (Lipinski definition) is 2. The third-order valence-corrected chi connectivity index (χ3v) is 2.97. The van der Waals surface area contributed by atoms with E-state index in [0.29, 0.717) is 13.0 Å². The molecule has 1 amide bonds. The summed E-state index contributed by atoms with van der Waals surface area (Å²) < 4.78 is 5.00. The molecule has 0 spiro atoms. The van der Waals surface area contributed by atoms with Crippen LogP contribution in [0.15, 0.2) is 0 Å². The summed E-state index contributed by atoms with van der Waals surface area (Å²) in [5.41, 5.74) is 5.20. The lowest BCUT2D eigenvalue weighted by Gasteiger charge is -2.23. The van der Waals surface area contributed by atoms with Crippen LogP contribution in [0.1, 0.15) is 33.1 Å². The summed E-state index contributed by atoms with van der Waals surface area (Å²) in [6.07, 6.45) is 2.56. The highest BCUT2D eigenvalue weighted by Crippen LogP contribution is 2.08. The molecule has 0 fully saturated rings. The van der Waals surface area contributed by atoms with E-state index >= 15 is 0 Å². The van der Waals surface area contributed by atoms with Gasteiger partial charge >= 0.3 is 0 Å². The van der Waals surface area contributed by atoms with Crippen molar-refractivity contribution in [3.8, 4) is 0 Å². The first-order valence-electron chi connectivity index (χ1n) is 6.68. The van der Waals surface area contributed by atoms with Gasteiger partial charge in [0.1, 0.15) is 0 Å². The van der Waals surface area contributed by atoms with Crippen molar-refractivity contribution in [1.29, 1.82) is 0 Å². The molecular weight excluding hydrogens is 266 g/mol. The Bertz CT molecular complexity index is 238. The van der Waals surface area contributed by atoms with E-state index in [1.165, 1.54) is 0 Å². The topological polar surface area (TPSA) is 67.6 Å². The first kappa shape index (κ1) is 20.9. The number of hydrogen-bond acceptors (Lipinski definition) is 4. The molecule has 0 aromatic carbocycles. The monoisotopic (exact) mass is 295 g/mol. The van der Waals surface area contributed by atoms with Crippen molar-refractivity contribution >= 4 is 18.3 Å². The van der Waals surface area contributed by atoms with Gasteiger partial charge in [0.2, 0.25) is 5.91 Å². The zero-order valence-corrected chi connectivity index (χ0v) is 13.5. The van der Waals surface area contributed by atoms with Crippen LogP contribution < -0.4 is 11.1 Å². The largest absolute Gasteiger partial charge is 0.383 e. The third kappa shape index (κ3) is 10.1. The van der Waals surface area contributed by atoms with Gasteiger partial charge in [-0.1, -0.05) is 13.3 Å². The number of methoxy groups -OCH3 is 1. The highest BCUT2D eigenvalue weighted by Gasteiger charge is 2.26. The molecule has 116 valence electrons. The van der Waals surface area contributed by atoms with Crippen molar-refractivity contribution in [3.05, 3.63) is 0 Å². The van der Waals surface area contributed by atoms with E-state index in [1.807, 2.05) is 14.0 Å². The molecule has 0 aliphatic heterocycles. The number of rotatable bonds is 10. The first-order chi connectivity index (χ1) is 8.44. The van der Waals surface area contributed by atoms with Crippen LogP contribution in [0.5, 0.6) is 0 Å². The van der Waals surface area contributed by atoms with Gasteiger partial charge < -0.3 is 20.7 Å². The molecule has 0 bridgehead atoms. The van der Waals surface area contributed by atoms with Gasteiger partial charge in [0, 0.05) is 20.2 Å². The Hall–Kier alpha value is -0.360. The van der Waals surface area contributed by atoms with Gasteiger partial charge in [-0.2, -0.15) is 0 Å². The molecule has 0 radical (unpaired) electrons. The maximum Gasteiger partial charge on any atom is 0.239 e. The molecule has 0 saturated heterocycles. The minimum Gasteiger partial charge on any atom is -0.383 e. The van der Waals surface area contributed by atoms with E-state index in [-0.39, 0.29) is 18.3 Å². The Morgan fingerprint density at radius 1 is 1.42 bits per heavy atom. The summed E-state index contributed by atoms with van der Waals surface area (Å²) in [4.78, 5) is 14.0. The fraction of sp³-hybridized carbons (Fsp3) is 0.923. The molecule has 5 nitrogen and oxygen atoms in total. The highest BCUT2D eigenvalue weighted by molar-refractivity contribution is 5.85. The standard InChI is InChI=1S/C13H29N3O2.ClH/c1-5-7-13(2,14)12(17)15-8-6-9-16(3)10-11-18-4;/h5-11,14H2,1-4H3,(H,15,17);1H. The van der Waals surface area contributed by atoms with E-state index in [1.54, 1.807) is 14.0 Å². The van der Waals surface area contributed by atoms with E-state index in [0.717, 1.165) is 32.5 Å². The van der Waals surface area contributed by atoms with Crippen LogP contribution in [0, 0.1) is 0 Å². The molecule has 0 heterocycles. The van der Waals surface area contributed by atoms with Crippen molar-refractivity contribution in [2.24, 2.45) is 5.73 Å². The maximum absolute atomic E-state index is 11.8. The van der Waals surface area contributed by atoms with Crippen molar-refractivity contribution < 1.29 is 9.53 Å². The molecule has 19 heavy (non-hydrogen) atoms. The summed E-state index contributed by atoms with van der Waals surface area (Å²) in [6.45, 7) is 7.08. The fourth-order valence-corrected chi connectivity index (χ4v) is 1.74. The second-order valence-electron chi connectivity index (χ2n) is 5.07. The quantitative estimate of drug-likeness (QED) is 0.590. The number of amides is 1. The summed E-state index contributed by atoms with van der Waals surface area (Å²) in [7, 11) is 3.74. The van der Waals surface area contributed by atoms with Crippen molar-refractivity contribution in [1.82, 2.24) is 10.2 Å². The molecule has 3 N–H and O–H groups in total. The SMILES string of the molecule is CCCC(C)(N)C(=O)NCCCN(C)CCOC.Cl. The lowest BCUT2D eigenvalue weighted by atomic mass is 9.96. The van der Waals surface area contributed by atoms with Crippen LogP contribution in [0.2, 0.25) is 0 Å². The summed E-state index contributed by atoms with van der Waals surface area (Å²) >= 11 is 0. The van der Waals surface area contributed by atoms with Crippen LogP contribution >= 0.6 is 12.4 Å². The Labute approximate surface area is 123 Å². The molecule has 0 aliphatic rings. The second-order valence-corrected chi connectivity index (χ2v) is 5.07. The summed E-state index contributed by atoms with van der Waals surface area (Å²) in [6, 6.07) is 0. The Kier molecular flexibility index (Phi) is 12.6. The number of carbonyl (C=O) groups excluding carboxylic acids is 1.